The molecule has 28 heavy (non-hydrogen) atoms. The average molecular weight is 386 g/mol. The molecular formula is C20H17F3N4O. The summed E-state index contributed by atoms with van der Waals surface area (Å²) >= 11 is 0. The molecular weight excluding hydrogens is 369 g/mol. The molecule has 0 saturated carbocycles. The predicted octanol–water partition coefficient (Wildman–Crippen LogP) is 4.48. The summed E-state index contributed by atoms with van der Waals surface area (Å²) in [7, 11) is 0. The molecule has 144 valence electrons. The van der Waals surface area contributed by atoms with Gasteiger partial charge in [-0.25, -0.2) is 9.97 Å². The van der Waals surface area contributed by atoms with Crippen LogP contribution < -0.4 is 10.6 Å². The van der Waals surface area contributed by atoms with Gasteiger partial charge in [-0.3, -0.25) is 4.79 Å². The van der Waals surface area contributed by atoms with Gasteiger partial charge in [-0.05, 0) is 42.3 Å². The van der Waals surface area contributed by atoms with Gasteiger partial charge in [-0.1, -0.05) is 24.3 Å². The number of alkyl halides is 3. The van der Waals surface area contributed by atoms with Crippen LogP contribution in [0.3, 0.4) is 0 Å². The first kappa shape index (κ1) is 19.3. The van der Waals surface area contributed by atoms with Gasteiger partial charge < -0.3 is 10.6 Å². The van der Waals surface area contributed by atoms with E-state index in [4.69, 9.17) is 0 Å². The lowest BCUT2D eigenvalue weighted by Gasteiger charge is -2.10. The van der Waals surface area contributed by atoms with Crippen molar-refractivity contribution in [1.29, 1.82) is 0 Å². The fourth-order valence-corrected chi connectivity index (χ4v) is 2.47. The molecule has 0 aliphatic rings. The topological polar surface area (TPSA) is 66.9 Å². The van der Waals surface area contributed by atoms with Gasteiger partial charge >= 0.3 is 6.18 Å². The fourth-order valence-electron chi connectivity index (χ4n) is 2.47. The minimum Gasteiger partial charge on any atom is -0.347 e. The number of benzene rings is 2. The number of aryl methyl sites for hydroxylation is 1. The van der Waals surface area contributed by atoms with Crippen LogP contribution in [0.2, 0.25) is 0 Å². The van der Waals surface area contributed by atoms with Crippen LogP contribution in [0.4, 0.5) is 24.7 Å². The molecule has 0 aliphatic carbocycles. The van der Waals surface area contributed by atoms with Crippen LogP contribution in [0.15, 0.2) is 60.9 Å². The molecule has 8 heteroatoms. The Morgan fingerprint density at radius 1 is 1.00 bits per heavy atom. The Kier molecular flexibility index (Phi) is 5.58. The van der Waals surface area contributed by atoms with Crippen molar-refractivity contribution in [2.75, 3.05) is 5.32 Å². The zero-order chi connectivity index (χ0) is 20.1. The zero-order valence-corrected chi connectivity index (χ0v) is 14.9. The third-order valence-electron chi connectivity index (χ3n) is 4.07. The Bertz CT molecular complexity index is 954. The van der Waals surface area contributed by atoms with Gasteiger partial charge in [0.05, 0.1) is 18.0 Å². The van der Waals surface area contributed by atoms with Gasteiger partial charge in [0.2, 0.25) is 0 Å². The number of nitrogens with one attached hydrogen (secondary N) is 2. The number of hydrogen-bond donors (Lipinski definition) is 2. The fraction of sp³-hybridized carbons (Fsp3) is 0.150. The number of aromatic nitrogens is 2. The number of nitrogens with zero attached hydrogens (tertiary/aromatic N) is 2. The molecule has 1 aromatic heterocycles. The zero-order valence-electron chi connectivity index (χ0n) is 14.9. The van der Waals surface area contributed by atoms with Gasteiger partial charge in [0.15, 0.2) is 0 Å². The Labute approximate surface area is 159 Å². The molecule has 0 unspecified atom stereocenters. The molecule has 1 amide bonds. The van der Waals surface area contributed by atoms with Gasteiger partial charge in [0.1, 0.15) is 11.5 Å². The van der Waals surface area contributed by atoms with Crippen LogP contribution in [0, 0.1) is 6.92 Å². The summed E-state index contributed by atoms with van der Waals surface area (Å²) in [6.45, 7) is 2.34. The van der Waals surface area contributed by atoms with E-state index >= 15 is 0 Å². The van der Waals surface area contributed by atoms with Crippen molar-refractivity contribution in [2.24, 2.45) is 0 Å². The molecule has 0 saturated heterocycles. The second-order valence-corrected chi connectivity index (χ2v) is 6.10. The molecule has 0 aliphatic heterocycles. The third kappa shape index (κ3) is 4.85. The number of carbonyl (C=O) groups excluding carboxylic acids is 1. The summed E-state index contributed by atoms with van der Waals surface area (Å²) < 4.78 is 37.7. The average Bonchev–Trinajstić information content (AvgIpc) is 2.67. The quantitative estimate of drug-likeness (QED) is 0.679. The van der Waals surface area contributed by atoms with E-state index < -0.39 is 11.7 Å². The van der Waals surface area contributed by atoms with Crippen LogP contribution in [0.25, 0.3) is 0 Å². The minimum absolute atomic E-state index is 0.145. The Balaban J connectivity index is 1.60. The molecule has 1 heterocycles. The van der Waals surface area contributed by atoms with E-state index in [0.29, 0.717) is 18.1 Å². The number of halogens is 3. The highest BCUT2D eigenvalue weighted by atomic mass is 19.4. The van der Waals surface area contributed by atoms with Crippen molar-refractivity contribution in [1.82, 2.24) is 15.3 Å². The van der Waals surface area contributed by atoms with E-state index in [1.807, 2.05) is 31.2 Å². The molecule has 2 aromatic carbocycles. The van der Waals surface area contributed by atoms with Crippen molar-refractivity contribution in [3.8, 4) is 0 Å². The van der Waals surface area contributed by atoms with E-state index in [2.05, 4.69) is 20.6 Å². The minimum atomic E-state index is -4.38. The van der Waals surface area contributed by atoms with Crippen molar-refractivity contribution >= 4 is 17.4 Å². The molecule has 2 N–H and O–H groups in total. The lowest BCUT2D eigenvalue weighted by molar-refractivity contribution is -0.137. The normalized spacial score (nSPS) is 11.1. The van der Waals surface area contributed by atoms with E-state index in [1.165, 1.54) is 24.5 Å². The molecule has 0 radical (unpaired) electrons. The molecule has 0 spiro atoms. The van der Waals surface area contributed by atoms with Crippen molar-refractivity contribution in [3.05, 3.63) is 83.3 Å². The number of rotatable bonds is 5. The highest BCUT2D eigenvalue weighted by molar-refractivity contribution is 5.92. The van der Waals surface area contributed by atoms with E-state index in [9.17, 15) is 18.0 Å². The number of amides is 1. The summed E-state index contributed by atoms with van der Waals surface area (Å²) in [6.07, 6.45) is -1.73. The summed E-state index contributed by atoms with van der Waals surface area (Å²) in [4.78, 5) is 20.3. The standard InChI is InChI=1S/C20H17F3N4O/c1-13-4-2-3-5-14(13)10-26-19(28)17-11-25-18(12-24-17)27-16-8-6-15(7-9-16)20(21,22)23/h2-9,11-12H,10H2,1H3,(H,25,27)(H,26,28). The van der Waals surface area contributed by atoms with Gasteiger partial charge in [0, 0.05) is 12.2 Å². The second-order valence-electron chi connectivity index (χ2n) is 6.10. The molecule has 5 nitrogen and oxygen atoms in total. The van der Waals surface area contributed by atoms with Gasteiger partial charge in [-0.2, -0.15) is 13.2 Å². The van der Waals surface area contributed by atoms with E-state index in [-0.39, 0.29) is 11.6 Å². The van der Waals surface area contributed by atoms with Crippen LogP contribution >= 0.6 is 0 Å². The maximum atomic E-state index is 12.6. The summed E-state index contributed by atoms with van der Waals surface area (Å²) in [6, 6.07) is 12.3. The first-order valence-corrected chi connectivity index (χ1v) is 8.42. The van der Waals surface area contributed by atoms with Gasteiger partial charge in [-0.15, -0.1) is 0 Å². The molecule has 3 rings (SSSR count). The summed E-state index contributed by atoms with van der Waals surface area (Å²) in [5, 5.41) is 5.62. The molecule has 0 atom stereocenters. The van der Waals surface area contributed by atoms with Crippen molar-refractivity contribution in [2.45, 2.75) is 19.6 Å². The number of anilines is 2. The third-order valence-corrected chi connectivity index (χ3v) is 4.07. The van der Waals surface area contributed by atoms with Crippen LogP contribution in [-0.2, 0) is 12.7 Å². The highest BCUT2D eigenvalue weighted by Gasteiger charge is 2.29. The lowest BCUT2D eigenvalue weighted by Crippen LogP contribution is -2.24. The predicted molar refractivity (Wildman–Crippen MR) is 99.1 cm³/mol. The molecule has 0 fully saturated rings. The summed E-state index contributed by atoms with van der Waals surface area (Å²) in [5.74, 6) is -0.0490. The smallest absolute Gasteiger partial charge is 0.347 e. The largest absolute Gasteiger partial charge is 0.416 e. The first-order chi connectivity index (χ1) is 13.3. The van der Waals surface area contributed by atoms with Crippen molar-refractivity contribution < 1.29 is 18.0 Å². The van der Waals surface area contributed by atoms with E-state index in [0.717, 1.165) is 23.3 Å². The van der Waals surface area contributed by atoms with Crippen LogP contribution in [-0.4, -0.2) is 15.9 Å². The Hall–Kier alpha value is -3.42. The Morgan fingerprint density at radius 2 is 1.71 bits per heavy atom. The highest BCUT2D eigenvalue weighted by Crippen LogP contribution is 2.30. The number of hydrogen-bond acceptors (Lipinski definition) is 4. The second kappa shape index (κ2) is 8.08. The monoisotopic (exact) mass is 386 g/mol. The lowest BCUT2D eigenvalue weighted by atomic mass is 10.1. The molecule has 3 aromatic rings. The SMILES string of the molecule is Cc1ccccc1CNC(=O)c1cnc(Nc2ccc(C(F)(F)F)cc2)cn1. The van der Waals surface area contributed by atoms with Gasteiger partial charge in [0.25, 0.3) is 5.91 Å². The first-order valence-electron chi connectivity index (χ1n) is 8.42. The number of carbonyl (C=O) groups is 1. The maximum absolute atomic E-state index is 12.6. The maximum Gasteiger partial charge on any atom is 0.416 e. The van der Waals surface area contributed by atoms with Crippen molar-refractivity contribution in [3.63, 3.8) is 0 Å². The molecule has 0 bridgehead atoms. The van der Waals surface area contributed by atoms with E-state index in [1.54, 1.807) is 0 Å². The summed E-state index contributed by atoms with van der Waals surface area (Å²) in [5.41, 5.74) is 1.92. The Morgan fingerprint density at radius 3 is 2.32 bits per heavy atom. The van der Waals surface area contributed by atoms with Crippen LogP contribution in [0.5, 0.6) is 0 Å². The van der Waals surface area contributed by atoms with Crippen LogP contribution in [0.1, 0.15) is 27.2 Å².